The van der Waals surface area contributed by atoms with Gasteiger partial charge in [0, 0.05) is 21.0 Å². The molecular formula is C15H15F2NS. The number of alkyl halides is 2. The van der Waals surface area contributed by atoms with Crippen LogP contribution in [0.25, 0.3) is 0 Å². The fourth-order valence-corrected chi connectivity index (χ4v) is 2.86. The zero-order valence-corrected chi connectivity index (χ0v) is 11.6. The number of aryl methyl sites for hydroxylation is 2. The first-order chi connectivity index (χ1) is 8.97. The molecule has 0 radical (unpaired) electrons. The standard InChI is InChI=1S/C15H15F2NS/c1-9-3-5-13(10(2)7-9)19-14-6-4-11(18)8-12(14)15(16)17/h3-8,15H,18H2,1-2H3. The highest BCUT2D eigenvalue weighted by molar-refractivity contribution is 7.99. The molecule has 2 aromatic carbocycles. The number of benzene rings is 2. The summed E-state index contributed by atoms with van der Waals surface area (Å²) in [6.07, 6.45) is -2.52. The maximum absolute atomic E-state index is 13.0. The number of rotatable bonds is 3. The quantitative estimate of drug-likeness (QED) is 0.802. The van der Waals surface area contributed by atoms with Gasteiger partial charge in [-0.15, -0.1) is 0 Å². The maximum atomic E-state index is 13.0. The summed E-state index contributed by atoms with van der Waals surface area (Å²) in [5.41, 5.74) is 8.16. The Kier molecular flexibility index (Phi) is 4.10. The van der Waals surface area contributed by atoms with Gasteiger partial charge < -0.3 is 5.73 Å². The minimum absolute atomic E-state index is 0.00928. The van der Waals surface area contributed by atoms with Crippen LogP contribution < -0.4 is 5.73 Å². The summed E-state index contributed by atoms with van der Waals surface area (Å²) in [5.74, 6) is 0. The van der Waals surface area contributed by atoms with E-state index < -0.39 is 6.43 Å². The van der Waals surface area contributed by atoms with Crippen LogP contribution in [0.1, 0.15) is 23.1 Å². The average molecular weight is 279 g/mol. The van der Waals surface area contributed by atoms with Gasteiger partial charge in [0.15, 0.2) is 0 Å². The molecule has 4 heteroatoms. The Balaban J connectivity index is 2.38. The molecule has 0 aromatic heterocycles. The molecule has 0 fully saturated rings. The second-order valence-electron chi connectivity index (χ2n) is 4.47. The molecule has 0 aliphatic rings. The number of halogens is 2. The van der Waals surface area contributed by atoms with Crippen LogP contribution in [0, 0.1) is 13.8 Å². The topological polar surface area (TPSA) is 26.0 Å². The molecule has 0 bridgehead atoms. The van der Waals surface area contributed by atoms with Crippen LogP contribution in [-0.2, 0) is 0 Å². The molecule has 0 aliphatic heterocycles. The monoisotopic (exact) mass is 279 g/mol. The summed E-state index contributed by atoms with van der Waals surface area (Å²) in [6, 6.07) is 10.6. The highest BCUT2D eigenvalue weighted by Crippen LogP contribution is 2.37. The van der Waals surface area contributed by atoms with Crippen molar-refractivity contribution in [1.82, 2.24) is 0 Å². The SMILES string of the molecule is Cc1ccc(Sc2ccc(N)cc2C(F)F)c(C)c1. The van der Waals surface area contributed by atoms with Crippen molar-refractivity contribution in [1.29, 1.82) is 0 Å². The molecule has 0 amide bonds. The van der Waals surface area contributed by atoms with Gasteiger partial charge in [0.2, 0.25) is 0 Å². The highest BCUT2D eigenvalue weighted by atomic mass is 32.2. The Morgan fingerprint density at radius 1 is 1.00 bits per heavy atom. The minimum atomic E-state index is -2.52. The van der Waals surface area contributed by atoms with Crippen molar-refractivity contribution in [3.8, 4) is 0 Å². The van der Waals surface area contributed by atoms with Crippen LogP contribution in [0.15, 0.2) is 46.2 Å². The molecule has 0 unspecified atom stereocenters. The van der Waals surface area contributed by atoms with Gasteiger partial charge >= 0.3 is 0 Å². The normalized spacial score (nSPS) is 11.0. The summed E-state index contributed by atoms with van der Waals surface area (Å²) < 4.78 is 26.0. The lowest BCUT2D eigenvalue weighted by molar-refractivity contribution is 0.148. The van der Waals surface area contributed by atoms with E-state index >= 15 is 0 Å². The third kappa shape index (κ3) is 3.26. The van der Waals surface area contributed by atoms with Gasteiger partial charge in [-0.25, -0.2) is 8.78 Å². The fourth-order valence-electron chi connectivity index (χ4n) is 1.86. The van der Waals surface area contributed by atoms with Crippen molar-refractivity contribution in [2.75, 3.05) is 5.73 Å². The lowest BCUT2D eigenvalue weighted by Gasteiger charge is -2.11. The third-order valence-electron chi connectivity index (χ3n) is 2.82. The Morgan fingerprint density at radius 3 is 2.32 bits per heavy atom. The van der Waals surface area contributed by atoms with Crippen LogP contribution in [-0.4, -0.2) is 0 Å². The van der Waals surface area contributed by atoms with Crippen LogP contribution >= 0.6 is 11.8 Å². The van der Waals surface area contributed by atoms with Gasteiger partial charge in [0.1, 0.15) is 0 Å². The minimum Gasteiger partial charge on any atom is -0.399 e. The number of nitrogen functional groups attached to an aromatic ring is 1. The summed E-state index contributed by atoms with van der Waals surface area (Å²) in [5, 5.41) is 0. The molecule has 0 aliphatic carbocycles. The van der Waals surface area contributed by atoms with E-state index in [1.165, 1.54) is 17.8 Å². The molecule has 1 nitrogen and oxygen atoms in total. The summed E-state index contributed by atoms with van der Waals surface area (Å²) in [6.45, 7) is 3.99. The molecule has 0 saturated carbocycles. The van der Waals surface area contributed by atoms with E-state index in [1.807, 2.05) is 32.0 Å². The van der Waals surface area contributed by atoms with E-state index in [2.05, 4.69) is 0 Å². The summed E-state index contributed by atoms with van der Waals surface area (Å²) in [7, 11) is 0. The molecular weight excluding hydrogens is 264 g/mol. The van der Waals surface area contributed by atoms with Crippen molar-refractivity contribution >= 4 is 17.4 Å². The number of hydrogen-bond acceptors (Lipinski definition) is 2. The molecule has 2 aromatic rings. The van der Waals surface area contributed by atoms with Crippen LogP contribution in [0.5, 0.6) is 0 Å². The molecule has 0 saturated heterocycles. The predicted octanol–water partition coefficient (Wildman–Crippen LogP) is 4.97. The smallest absolute Gasteiger partial charge is 0.265 e. The van der Waals surface area contributed by atoms with E-state index in [-0.39, 0.29) is 5.56 Å². The van der Waals surface area contributed by atoms with Gasteiger partial charge in [-0.05, 0) is 43.7 Å². The lowest BCUT2D eigenvalue weighted by atomic mass is 10.2. The molecule has 100 valence electrons. The Morgan fingerprint density at radius 2 is 1.68 bits per heavy atom. The molecule has 0 atom stereocenters. The first-order valence-electron chi connectivity index (χ1n) is 5.90. The second kappa shape index (κ2) is 5.61. The van der Waals surface area contributed by atoms with Gasteiger partial charge in [-0.2, -0.15) is 0 Å². The lowest BCUT2D eigenvalue weighted by Crippen LogP contribution is -1.93. The molecule has 0 heterocycles. The summed E-state index contributed by atoms with van der Waals surface area (Å²) in [4.78, 5) is 1.54. The van der Waals surface area contributed by atoms with Gasteiger partial charge in [-0.1, -0.05) is 29.5 Å². The zero-order valence-electron chi connectivity index (χ0n) is 10.8. The second-order valence-corrected chi connectivity index (χ2v) is 5.55. The first-order valence-corrected chi connectivity index (χ1v) is 6.71. The highest BCUT2D eigenvalue weighted by Gasteiger charge is 2.15. The maximum Gasteiger partial charge on any atom is 0.265 e. The van der Waals surface area contributed by atoms with Crippen molar-refractivity contribution < 1.29 is 8.78 Å². The van der Waals surface area contributed by atoms with Gasteiger partial charge in [0.05, 0.1) is 0 Å². The van der Waals surface area contributed by atoms with Crippen LogP contribution in [0.4, 0.5) is 14.5 Å². The van der Waals surface area contributed by atoms with E-state index in [4.69, 9.17) is 5.73 Å². The van der Waals surface area contributed by atoms with Gasteiger partial charge in [-0.3, -0.25) is 0 Å². The van der Waals surface area contributed by atoms with Crippen LogP contribution in [0.2, 0.25) is 0 Å². The van der Waals surface area contributed by atoms with E-state index in [0.29, 0.717) is 10.6 Å². The third-order valence-corrected chi connectivity index (χ3v) is 4.09. The van der Waals surface area contributed by atoms with Crippen molar-refractivity contribution in [3.05, 3.63) is 53.1 Å². The summed E-state index contributed by atoms with van der Waals surface area (Å²) >= 11 is 1.35. The number of nitrogens with two attached hydrogens (primary N) is 1. The zero-order chi connectivity index (χ0) is 14.0. The molecule has 2 N–H and O–H groups in total. The average Bonchev–Trinajstić information content (AvgIpc) is 2.34. The molecule has 0 spiro atoms. The molecule has 19 heavy (non-hydrogen) atoms. The first kappa shape index (κ1) is 13.9. The van der Waals surface area contributed by atoms with Crippen molar-refractivity contribution in [3.63, 3.8) is 0 Å². The molecule has 2 rings (SSSR count). The Labute approximate surface area is 115 Å². The largest absolute Gasteiger partial charge is 0.399 e. The fraction of sp³-hybridized carbons (Fsp3) is 0.200. The van der Waals surface area contributed by atoms with Gasteiger partial charge in [0.25, 0.3) is 6.43 Å². The predicted molar refractivity (Wildman–Crippen MR) is 75.9 cm³/mol. The van der Waals surface area contributed by atoms with Crippen molar-refractivity contribution in [2.24, 2.45) is 0 Å². The Hall–Kier alpha value is -1.55. The number of hydrogen-bond donors (Lipinski definition) is 1. The Bertz CT molecular complexity index is 597. The van der Waals surface area contributed by atoms with Crippen LogP contribution in [0.3, 0.4) is 0 Å². The number of anilines is 1. The van der Waals surface area contributed by atoms with Crippen molar-refractivity contribution in [2.45, 2.75) is 30.1 Å². The van der Waals surface area contributed by atoms with E-state index in [1.54, 1.807) is 12.1 Å². The van der Waals surface area contributed by atoms with E-state index in [0.717, 1.165) is 16.0 Å². The van der Waals surface area contributed by atoms with E-state index in [9.17, 15) is 8.78 Å².